The van der Waals surface area contributed by atoms with Crippen molar-refractivity contribution in [3.63, 3.8) is 0 Å². The maximum absolute atomic E-state index is 12.2. The van der Waals surface area contributed by atoms with E-state index in [0.29, 0.717) is 12.3 Å². The summed E-state index contributed by atoms with van der Waals surface area (Å²) in [5.74, 6) is 1.16. The van der Waals surface area contributed by atoms with E-state index in [0.717, 1.165) is 5.76 Å². The normalized spacial score (nSPS) is 10.3. The fourth-order valence-electron chi connectivity index (χ4n) is 1.85. The quantitative estimate of drug-likeness (QED) is 0.634. The second kappa shape index (κ2) is 5.56. The van der Waals surface area contributed by atoms with Gasteiger partial charge >= 0.3 is 0 Å². The SMILES string of the molecule is Cc1ccc(CN(C)C(=O)c2cccc([N+](=O)[O-])c2)o1. The van der Waals surface area contributed by atoms with Gasteiger partial charge in [0.05, 0.1) is 11.5 Å². The Balaban J connectivity index is 2.14. The number of nitrogens with zero attached hydrogens (tertiary/aromatic N) is 2. The van der Waals surface area contributed by atoms with Crippen LogP contribution in [0.15, 0.2) is 40.8 Å². The molecule has 0 aliphatic heterocycles. The molecule has 0 bridgehead atoms. The average molecular weight is 274 g/mol. The molecule has 1 heterocycles. The molecule has 6 nitrogen and oxygen atoms in total. The third-order valence-electron chi connectivity index (χ3n) is 2.84. The summed E-state index contributed by atoms with van der Waals surface area (Å²) in [6, 6.07) is 9.29. The average Bonchev–Trinajstić information content (AvgIpc) is 2.83. The molecule has 6 heteroatoms. The van der Waals surface area contributed by atoms with E-state index in [2.05, 4.69) is 0 Å². The third kappa shape index (κ3) is 3.03. The Bertz CT molecular complexity index is 648. The maximum Gasteiger partial charge on any atom is 0.270 e. The van der Waals surface area contributed by atoms with Crippen molar-refractivity contribution in [2.24, 2.45) is 0 Å². The molecule has 0 radical (unpaired) electrons. The molecule has 2 rings (SSSR count). The lowest BCUT2D eigenvalue weighted by atomic mass is 10.2. The lowest BCUT2D eigenvalue weighted by Gasteiger charge is -2.15. The van der Waals surface area contributed by atoms with Gasteiger partial charge in [-0.05, 0) is 25.1 Å². The van der Waals surface area contributed by atoms with Crippen LogP contribution in [0.1, 0.15) is 21.9 Å². The van der Waals surface area contributed by atoms with Gasteiger partial charge in [-0.1, -0.05) is 6.07 Å². The molecular formula is C14H14N2O4. The zero-order valence-corrected chi connectivity index (χ0v) is 11.2. The first-order chi connectivity index (χ1) is 9.47. The first kappa shape index (κ1) is 13.8. The van der Waals surface area contributed by atoms with Gasteiger partial charge in [-0.15, -0.1) is 0 Å². The Morgan fingerprint density at radius 3 is 2.70 bits per heavy atom. The van der Waals surface area contributed by atoms with E-state index in [1.165, 1.54) is 23.1 Å². The predicted molar refractivity (Wildman–Crippen MR) is 72.3 cm³/mol. The number of carbonyl (C=O) groups is 1. The highest BCUT2D eigenvalue weighted by atomic mass is 16.6. The van der Waals surface area contributed by atoms with Gasteiger partial charge in [-0.3, -0.25) is 14.9 Å². The zero-order chi connectivity index (χ0) is 14.7. The monoisotopic (exact) mass is 274 g/mol. The molecule has 0 atom stereocenters. The van der Waals surface area contributed by atoms with Crippen molar-refractivity contribution in [2.45, 2.75) is 13.5 Å². The smallest absolute Gasteiger partial charge is 0.270 e. The number of rotatable bonds is 4. The Labute approximate surface area is 115 Å². The number of carbonyl (C=O) groups excluding carboxylic acids is 1. The summed E-state index contributed by atoms with van der Waals surface area (Å²) in [5.41, 5.74) is 0.183. The first-order valence-corrected chi connectivity index (χ1v) is 6.02. The van der Waals surface area contributed by atoms with Crippen molar-refractivity contribution in [1.82, 2.24) is 4.90 Å². The second-order valence-corrected chi connectivity index (χ2v) is 4.48. The Morgan fingerprint density at radius 2 is 2.10 bits per heavy atom. The topological polar surface area (TPSA) is 76.6 Å². The number of aryl methyl sites for hydroxylation is 1. The summed E-state index contributed by atoms with van der Waals surface area (Å²) in [7, 11) is 1.62. The highest BCUT2D eigenvalue weighted by Crippen LogP contribution is 2.16. The molecule has 0 unspecified atom stereocenters. The van der Waals surface area contributed by atoms with E-state index in [4.69, 9.17) is 4.42 Å². The van der Waals surface area contributed by atoms with Gasteiger partial charge < -0.3 is 9.32 Å². The van der Waals surface area contributed by atoms with Crippen LogP contribution < -0.4 is 0 Å². The van der Waals surface area contributed by atoms with Crippen molar-refractivity contribution in [3.8, 4) is 0 Å². The van der Waals surface area contributed by atoms with Crippen molar-refractivity contribution >= 4 is 11.6 Å². The fraction of sp³-hybridized carbons (Fsp3) is 0.214. The molecular weight excluding hydrogens is 260 g/mol. The molecule has 2 aromatic rings. The Hall–Kier alpha value is -2.63. The van der Waals surface area contributed by atoms with Crippen LogP contribution in [0.4, 0.5) is 5.69 Å². The molecule has 0 fully saturated rings. The number of nitro groups is 1. The standard InChI is InChI=1S/C14H14N2O4/c1-10-6-7-13(20-10)9-15(2)14(17)11-4-3-5-12(8-11)16(18)19/h3-8H,9H2,1-2H3. The van der Waals surface area contributed by atoms with E-state index in [1.54, 1.807) is 19.2 Å². The number of nitro benzene ring substituents is 1. The number of non-ortho nitro benzene ring substituents is 1. The van der Waals surface area contributed by atoms with Crippen LogP contribution in [0.2, 0.25) is 0 Å². The number of hydrogen-bond acceptors (Lipinski definition) is 4. The zero-order valence-electron chi connectivity index (χ0n) is 11.2. The lowest BCUT2D eigenvalue weighted by Crippen LogP contribution is -2.26. The summed E-state index contributed by atoms with van der Waals surface area (Å²) >= 11 is 0. The lowest BCUT2D eigenvalue weighted by molar-refractivity contribution is -0.384. The van der Waals surface area contributed by atoms with Crippen LogP contribution in [-0.2, 0) is 6.54 Å². The molecule has 1 aromatic heterocycles. The largest absolute Gasteiger partial charge is 0.464 e. The molecule has 0 aliphatic carbocycles. The van der Waals surface area contributed by atoms with E-state index < -0.39 is 4.92 Å². The number of hydrogen-bond donors (Lipinski definition) is 0. The van der Waals surface area contributed by atoms with E-state index in [9.17, 15) is 14.9 Å². The van der Waals surface area contributed by atoms with Gasteiger partial charge in [0, 0.05) is 24.7 Å². The van der Waals surface area contributed by atoms with Crippen LogP contribution in [0, 0.1) is 17.0 Å². The molecule has 104 valence electrons. The van der Waals surface area contributed by atoms with Gasteiger partial charge in [0.15, 0.2) is 0 Å². The minimum Gasteiger partial charge on any atom is -0.464 e. The van der Waals surface area contributed by atoms with Crippen molar-refractivity contribution in [3.05, 3.63) is 63.6 Å². The van der Waals surface area contributed by atoms with E-state index in [-0.39, 0.29) is 17.2 Å². The summed E-state index contributed by atoms with van der Waals surface area (Å²) in [6.07, 6.45) is 0. The molecule has 0 saturated heterocycles. The third-order valence-corrected chi connectivity index (χ3v) is 2.84. The Morgan fingerprint density at radius 1 is 1.35 bits per heavy atom. The van der Waals surface area contributed by atoms with E-state index in [1.807, 2.05) is 13.0 Å². The Kier molecular flexibility index (Phi) is 3.84. The van der Waals surface area contributed by atoms with Gasteiger partial charge in [-0.25, -0.2) is 0 Å². The molecule has 0 aliphatic rings. The number of benzene rings is 1. The fourth-order valence-corrected chi connectivity index (χ4v) is 1.85. The molecule has 1 aromatic carbocycles. The van der Waals surface area contributed by atoms with Crippen molar-refractivity contribution in [2.75, 3.05) is 7.05 Å². The molecule has 0 saturated carbocycles. The van der Waals surface area contributed by atoms with E-state index >= 15 is 0 Å². The number of furan rings is 1. The van der Waals surface area contributed by atoms with Crippen LogP contribution >= 0.6 is 0 Å². The van der Waals surface area contributed by atoms with Crippen molar-refractivity contribution < 1.29 is 14.1 Å². The second-order valence-electron chi connectivity index (χ2n) is 4.48. The minimum absolute atomic E-state index is 0.0990. The summed E-state index contributed by atoms with van der Waals surface area (Å²) in [5, 5.41) is 10.7. The van der Waals surface area contributed by atoms with Crippen LogP contribution in [0.25, 0.3) is 0 Å². The van der Waals surface area contributed by atoms with Gasteiger partial charge in [0.1, 0.15) is 11.5 Å². The summed E-state index contributed by atoms with van der Waals surface area (Å²) in [4.78, 5) is 23.8. The maximum atomic E-state index is 12.2. The van der Waals surface area contributed by atoms with Gasteiger partial charge in [0.2, 0.25) is 0 Å². The minimum atomic E-state index is -0.521. The molecule has 0 spiro atoms. The number of amides is 1. The summed E-state index contributed by atoms with van der Waals surface area (Å²) in [6.45, 7) is 2.14. The predicted octanol–water partition coefficient (Wildman–Crippen LogP) is 2.77. The highest BCUT2D eigenvalue weighted by molar-refractivity contribution is 5.94. The van der Waals surface area contributed by atoms with Crippen LogP contribution in [0.5, 0.6) is 0 Å². The first-order valence-electron chi connectivity index (χ1n) is 6.02. The van der Waals surface area contributed by atoms with Crippen LogP contribution in [0.3, 0.4) is 0 Å². The van der Waals surface area contributed by atoms with Gasteiger partial charge in [0.25, 0.3) is 11.6 Å². The molecule has 20 heavy (non-hydrogen) atoms. The molecule has 0 N–H and O–H groups in total. The highest BCUT2D eigenvalue weighted by Gasteiger charge is 2.16. The van der Waals surface area contributed by atoms with Crippen molar-refractivity contribution in [1.29, 1.82) is 0 Å². The summed E-state index contributed by atoms with van der Waals surface area (Å²) < 4.78 is 5.40. The van der Waals surface area contributed by atoms with Crippen LogP contribution in [-0.4, -0.2) is 22.8 Å². The van der Waals surface area contributed by atoms with Gasteiger partial charge in [-0.2, -0.15) is 0 Å². The molecule has 1 amide bonds.